The Hall–Kier alpha value is -8.14. The van der Waals surface area contributed by atoms with E-state index >= 15 is 0 Å². The molecule has 13 rings (SSSR count). The van der Waals surface area contributed by atoms with Crippen molar-refractivity contribution in [2.45, 2.75) is 5.41 Å². The van der Waals surface area contributed by atoms with Gasteiger partial charge in [-0.15, -0.1) is 0 Å². The second-order valence-corrected chi connectivity index (χ2v) is 16.4. The van der Waals surface area contributed by atoms with Gasteiger partial charge in [0.2, 0.25) is 0 Å². The summed E-state index contributed by atoms with van der Waals surface area (Å²) in [4.78, 5) is 2.41. The Kier molecular flexibility index (Phi) is 7.52. The lowest BCUT2D eigenvalue weighted by atomic mass is 9.58. The number of fused-ring (bicyclic) bond motifs is 11. The Morgan fingerprint density at radius 1 is 0.387 bits per heavy atom. The van der Waals surface area contributed by atoms with Crippen LogP contribution >= 0.6 is 0 Å². The fraction of sp³-hybridized carbons (Fsp3) is 0.0169. The number of rotatable bonds is 5. The topological polar surface area (TPSA) is 17.4 Å². The van der Waals surface area contributed by atoms with Crippen LogP contribution in [0.2, 0.25) is 0 Å². The summed E-state index contributed by atoms with van der Waals surface area (Å²) < 4.78 is 9.53. The van der Waals surface area contributed by atoms with Gasteiger partial charge in [0.15, 0.2) is 0 Å². The maximum absolute atomic E-state index is 7.14. The third kappa shape index (κ3) is 4.88. The van der Waals surface area contributed by atoms with E-state index in [-0.39, 0.29) is 0 Å². The van der Waals surface area contributed by atoms with Crippen molar-refractivity contribution in [3.05, 3.63) is 253 Å². The molecule has 3 nitrogen and oxygen atoms in total. The Balaban J connectivity index is 1.10. The number of anilines is 3. The molecule has 290 valence electrons. The number of hydrogen-bond acceptors (Lipinski definition) is 2. The quantitative estimate of drug-likeness (QED) is 0.173. The first-order valence-electron chi connectivity index (χ1n) is 21.3. The van der Waals surface area contributed by atoms with Gasteiger partial charge in [0, 0.05) is 50.6 Å². The fourth-order valence-electron chi connectivity index (χ4n) is 10.7. The van der Waals surface area contributed by atoms with Crippen molar-refractivity contribution in [2.75, 3.05) is 4.90 Å². The zero-order valence-electron chi connectivity index (χ0n) is 33.7. The highest BCUT2D eigenvalue weighted by Gasteiger charge is 2.49. The minimum absolute atomic E-state index is 0.616. The Bertz CT molecular complexity index is 3560. The predicted octanol–water partition coefficient (Wildman–Crippen LogP) is 15.5. The summed E-state index contributed by atoms with van der Waals surface area (Å²) in [5.74, 6) is 1.71. The van der Waals surface area contributed by atoms with Crippen LogP contribution in [-0.4, -0.2) is 4.57 Å². The monoisotopic (exact) mass is 790 g/mol. The van der Waals surface area contributed by atoms with Crippen molar-refractivity contribution in [3.63, 3.8) is 0 Å². The Morgan fingerprint density at radius 2 is 1.00 bits per heavy atom. The van der Waals surface area contributed by atoms with E-state index in [0.29, 0.717) is 0 Å². The van der Waals surface area contributed by atoms with E-state index in [9.17, 15) is 0 Å². The SMILES string of the molecule is c1ccc(-c2ccccc2N(c2ccc3c(c2)Oc2ccccc2C32c3ccccc3-c3cccc4cccc2c34)c2ccc3c4ccccc4n(-c4ccccc4)c3c2)cc1. The normalized spacial score (nSPS) is 14.6. The summed E-state index contributed by atoms with van der Waals surface area (Å²) in [6.07, 6.45) is 0. The molecule has 0 radical (unpaired) electrons. The molecule has 2 aliphatic rings. The highest BCUT2D eigenvalue weighted by molar-refractivity contribution is 6.11. The zero-order valence-corrected chi connectivity index (χ0v) is 33.7. The number of para-hydroxylation sites is 4. The summed E-state index contributed by atoms with van der Waals surface area (Å²) in [5.41, 5.74) is 15.6. The largest absolute Gasteiger partial charge is 0.457 e. The van der Waals surface area contributed by atoms with Gasteiger partial charge in [-0.1, -0.05) is 176 Å². The lowest BCUT2D eigenvalue weighted by Crippen LogP contribution is -2.36. The van der Waals surface area contributed by atoms with Gasteiger partial charge in [-0.25, -0.2) is 0 Å². The molecule has 1 atom stereocenters. The van der Waals surface area contributed by atoms with Crippen molar-refractivity contribution in [3.8, 4) is 39.4 Å². The lowest BCUT2D eigenvalue weighted by Gasteiger charge is -2.45. The smallest absolute Gasteiger partial charge is 0.134 e. The molecular formula is C59H38N2O. The van der Waals surface area contributed by atoms with Gasteiger partial charge in [0.25, 0.3) is 0 Å². The molecule has 0 fully saturated rings. The van der Waals surface area contributed by atoms with Gasteiger partial charge in [-0.05, 0) is 87.1 Å². The second kappa shape index (κ2) is 13.4. The Labute approximate surface area is 360 Å². The number of aromatic nitrogens is 1. The van der Waals surface area contributed by atoms with Crippen molar-refractivity contribution < 1.29 is 4.74 Å². The molecule has 1 unspecified atom stereocenters. The molecule has 0 saturated heterocycles. The van der Waals surface area contributed by atoms with Gasteiger partial charge in [0.1, 0.15) is 11.5 Å². The minimum Gasteiger partial charge on any atom is -0.457 e. The summed E-state index contributed by atoms with van der Waals surface area (Å²) in [5, 5.41) is 4.97. The molecule has 10 aromatic carbocycles. The molecule has 11 aromatic rings. The number of nitrogens with zero attached hydrogens (tertiary/aromatic N) is 2. The number of ether oxygens (including phenoxy) is 1. The number of benzene rings is 10. The second-order valence-electron chi connectivity index (χ2n) is 16.4. The van der Waals surface area contributed by atoms with Crippen LogP contribution in [0.5, 0.6) is 11.5 Å². The molecule has 1 spiro atoms. The molecule has 0 amide bonds. The van der Waals surface area contributed by atoms with Crippen LogP contribution in [0.4, 0.5) is 17.1 Å². The summed E-state index contributed by atoms with van der Waals surface area (Å²) in [6, 6.07) is 83.8. The van der Waals surface area contributed by atoms with Crippen LogP contribution in [0.15, 0.2) is 231 Å². The Morgan fingerprint density at radius 3 is 1.87 bits per heavy atom. The first-order chi connectivity index (χ1) is 30.8. The van der Waals surface area contributed by atoms with E-state index in [2.05, 4.69) is 240 Å². The predicted molar refractivity (Wildman–Crippen MR) is 256 cm³/mol. The zero-order chi connectivity index (χ0) is 40.8. The van der Waals surface area contributed by atoms with Gasteiger partial charge in [0.05, 0.1) is 22.1 Å². The van der Waals surface area contributed by atoms with E-state index < -0.39 is 5.41 Å². The lowest BCUT2D eigenvalue weighted by molar-refractivity contribution is 0.435. The highest BCUT2D eigenvalue weighted by atomic mass is 16.5. The van der Waals surface area contributed by atoms with Crippen LogP contribution in [0, 0.1) is 0 Å². The average molecular weight is 791 g/mol. The van der Waals surface area contributed by atoms with Crippen molar-refractivity contribution in [2.24, 2.45) is 0 Å². The molecule has 1 aliphatic heterocycles. The van der Waals surface area contributed by atoms with E-state index in [1.54, 1.807) is 0 Å². The van der Waals surface area contributed by atoms with Crippen LogP contribution < -0.4 is 9.64 Å². The molecule has 62 heavy (non-hydrogen) atoms. The molecule has 1 aromatic heterocycles. The minimum atomic E-state index is -0.616. The van der Waals surface area contributed by atoms with E-state index in [0.717, 1.165) is 62.0 Å². The molecule has 0 N–H and O–H groups in total. The molecular weight excluding hydrogens is 753 g/mol. The van der Waals surface area contributed by atoms with Crippen molar-refractivity contribution >= 4 is 49.6 Å². The van der Waals surface area contributed by atoms with Gasteiger partial charge < -0.3 is 14.2 Å². The van der Waals surface area contributed by atoms with E-state index in [1.165, 1.54) is 49.3 Å². The van der Waals surface area contributed by atoms with Crippen molar-refractivity contribution in [1.82, 2.24) is 4.57 Å². The molecule has 0 bridgehead atoms. The number of hydrogen-bond donors (Lipinski definition) is 0. The highest BCUT2D eigenvalue weighted by Crippen LogP contribution is 2.61. The van der Waals surface area contributed by atoms with Gasteiger partial charge >= 0.3 is 0 Å². The summed E-state index contributed by atoms with van der Waals surface area (Å²) >= 11 is 0. The van der Waals surface area contributed by atoms with E-state index in [4.69, 9.17) is 4.74 Å². The maximum atomic E-state index is 7.14. The third-order valence-corrected chi connectivity index (χ3v) is 13.2. The summed E-state index contributed by atoms with van der Waals surface area (Å²) in [7, 11) is 0. The van der Waals surface area contributed by atoms with Gasteiger partial charge in [-0.3, -0.25) is 0 Å². The third-order valence-electron chi connectivity index (χ3n) is 13.2. The van der Waals surface area contributed by atoms with Crippen LogP contribution in [0.3, 0.4) is 0 Å². The van der Waals surface area contributed by atoms with E-state index in [1.807, 2.05) is 0 Å². The van der Waals surface area contributed by atoms with Crippen molar-refractivity contribution in [1.29, 1.82) is 0 Å². The first-order valence-corrected chi connectivity index (χ1v) is 21.3. The standard InChI is InChI=1S/C59H38N2O/c1-3-17-39(18-4-1)44-23-8-12-30-53(44)60(42-33-35-47-46-25-9-13-31-54(46)61(55(47)37-42)41-21-5-2-6-22-41)43-34-36-51-57(38-43)62-56-32-14-11-28-50(56)59(51)49-27-10-7-24-45(49)48-26-15-19-40-20-16-29-52(59)58(40)48/h1-38H. The van der Waals surface area contributed by atoms with Gasteiger partial charge in [-0.2, -0.15) is 0 Å². The first kappa shape index (κ1) is 34.7. The molecule has 0 saturated carbocycles. The molecule has 3 heteroatoms. The fourth-order valence-corrected chi connectivity index (χ4v) is 10.7. The average Bonchev–Trinajstić information content (AvgIpc) is 3.67. The maximum Gasteiger partial charge on any atom is 0.134 e. The van der Waals surface area contributed by atoms with Crippen LogP contribution in [0.1, 0.15) is 22.3 Å². The summed E-state index contributed by atoms with van der Waals surface area (Å²) in [6.45, 7) is 0. The molecule has 2 heterocycles. The van der Waals surface area contributed by atoms with Crippen LogP contribution in [0.25, 0.3) is 60.5 Å². The molecule has 1 aliphatic carbocycles. The van der Waals surface area contributed by atoms with Crippen LogP contribution in [-0.2, 0) is 5.41 Å².